The molecule has 1 saturated carbocycles. The lowest BCUT2D eigenvalue weighted by atomic mass is 10.0. The maximum absolute atomic E-state index is 6.31. The van der Waals surface area contributed by atoms with E-state index in [0.717, 1.165) is 13.2 Å². The molecular formula is C16H26O2Si. The van der Waals surface area contributed by atoms with Crippen LogP contribution >= 0.6 is 0 Å². The number of benzene rings is 1. The molecular weight excluding hydrogens is 252 g/mol. The first kappa shape index (κ1) is 14.8. The van der Waals surface area contributed by atoms with E-state index >= 15 is 0 Å². The molecule has 0 amide bonds. The average molecular weight is 278 g/mol. The van der Waals surface area contributed by atoms with Gasteiger partial charge in [0.05, 0.1) is 0 Å². The number of rotatable bonds is 6. The fourth-order valence-electron chi connectivity index (χ4n) is 3.26. The first-order chi connectivity index (χ1) is 9.33. The molecule has 106 valence electrons. The molecule has 19 heavy (non-hydrogen) atoms. The Hall–Kier alpha value is -0.643. The van der Waals surface area contributed by atoms with Crippen molar-refractivity contribution in [3.63, 3.8) is 0 Å². The average Bonchev–Trinajstić information content (AvgIpc) is 2.49. The minimum absolute atomic E-state index is 0.614. The largest absolute Gasteiger partial charge is 0.391 e. The van der Waals surface area contributed by atoms with Crippen LogP contribution in [0.2, 0.25) is 5.54 Å². The summed E-state index contributed by atoms with van der Waals surface area (Å²) in [7, 11) is -2.27. The van der Waals surface area contributed by atoms with Gasteiger partial charge in [0.25, 0.3) is 0 Å². The zero-order chi connectivity index (χ0) is 13.6. The van der Waals surface area contributed by atoms with E-state index < -0.39 is 8.56 Å². The molecule has 1 aromatic rings. The summed E-state index contributed by atoms with van der Waals surface area (Å²) in [5.41, 5.74) is 0.614. The van der Waals surface area contributed by atoms with Crippen LogP contribution in [0.1, 0.15) is 46.0 Å². The summed E-state index contributed by atoms with van der Waals surface area (Å²) < 4.78 is 12.6. The van der Waals surface area contributed by atoms with Crippen LogP contribution in [0.25, 0.3) is 0 Å². The molecule has 0 bridgehead atoms. The highest BCUT2D eigenvalue weighted by atomic mass is 28.4. The van der Waals surface area contributed by atoms with Crippen LogP contribution in [-0.4, -0.2) is 21.8 Å². The van der Waals surface area contributed by atoms with Crippen LogP contribution in [0, 0.1) is 0 Å². The molecule has 2 nitrogen and oxygen atoms in total. The summed E-state index contributed by atoms with van der Waals surface area (Å²) >= 11 is 0. The second-order valence-corrected chi connectivity index (χ2v) is 8.54. The highest BCUT2D eigenvalue weighted by Crippen LogP contribution is 2.38. The molecule has 3 heteroatoms. The summed E-state index contributed by atoms with van der Waals surface area (Å²) in [6.07, 6.45) is 6.55. The van der Waals surface area contributed by atoms with Gasteiger partial charge in [0.15, 0.2) is 0 Å². The first-order valence-electron chi connectivity index (χ1n) is 7.67. The van der Waals surface area contributed by atoms with Crippen molar-refractivity contribution < 1.29 is 8.85 Å². The predicted octanol–water partition coefficient (Wildman–Crippen LogP) is 3.74. The molecule has 0 atom stereocenters. The molecule has 1 fully saturated rings. The summed E-state index contributed by atoms with van der Waals surface area (Å²) in [4.78, 5) is 0. The third-order valence-electron chi connectivity index (χ3n) is 4.04. The van der Waals surface area contributed by atoms with E-state index in [1.54, 1.807) is 0 Å². The van der Waals surface area contributed by atoms with Crippen LogP contribution in [0.15, 0.2) is 30.3 Å². The minimum Gasteiger partial charge on any atom is -0.391 e. The van der Waals surface area contributed by atoms with Crippen LogP contribution in [0.3, 0.4) is 0 Å². The summed E-state index contributed by atoms with van der Waals surface area (Å²) in [5.74, 6) is 0. The monoisotopic (exact) mass is 278 g/mol. The van der Waals surface area contributed by atoms with Gasteiger partial charge in [0, 0.05) is 18.8 Å². The van der Waals surface area contributed by atoms with Gasteiger partial charge in [0.2, 0.25) is 0 Å². The molecule has 0 N–H and O–H groups in total. The smallest absolute Gasteiger partial charge is 0.375 e. The second kappa shape index (κ2) is 7.22. The zero-order valence-corrected chi connectivity index (χ0v) is 13.2. The van der Waals surface area contributed by atoms with E-state index in [1.807, 2.05) is 0 Å². The van der Waals surface area contributed by atoms with Gasteiger partial charge in [-0.25, -0.2) is 0 Å². The molecule has 0 spiro atoms. The molecule has 0 radical (unpaired) electrons. The Labute approximate surface area is 118 Å². The van der Waals surface area contributed by atoms with E-state index in [-0.39, 0.29) is 0 Å². The van der Waals surface area contributed by atoms with Gasteiger partial charge >= 0.3 is 8.56 Å². The zero-order valence-electron chi connectivity index (χ0n) is 12.2. The van der Waals surface area contributed by atoms with Gasteiger partial charge < -0.3 is 8.85 Å². The quantitative estimate of drug-likeness (QED) is 0.738. The van der Waals surface area contributed by atoms with Crippen molar-refractivity contribution in [1.82, 2.24) is 0 Å². The van der Waals surface area contributed by atoms with Crippen molar-refractivity contribution in [2.75, 3.05) is 13.2 Å². The first-order valence-corrected chi connectivity index (χ1v) is 9.56. The Kier molecular flexibility index (Phi) is 5.61. The van der Waals surface area contributed by atoms with Gasteiger partial charge in [-0.1, -0.05) is 49.6 Å². The maximum atomic E-state index is 6.31. The van der Waals surface area contributed by atoms with Crippen molar-refractivity contribution in [2.24, 2.45) is 0 Å². The Morgan fingerprint density at radius 3 is 2.05 bits per heavy atom. The Morgan fingerprint density at radius 1 is 0.947 bits per heavy atom. The number of hydrogen-bond acceptors (Lipinski definition) is 2. The lowest BCUT2D eigenvalue weighted by molar-refractivity contribution is 0.177. The fourth-order valence-corrected chi connectivity index (χ4v) is 7.30. The summed E-state index contributed by atoms with van der Waals surface area (Å²) in [6.45, 7) is 5.67. The van der Waals surface area contributed by atoms with Crippen molar-refractivity contribution in [1.29, 1.82) is 0 Å². The van der Waals surface area contributed by atoms with E-state index in [1.165, 1.54) is 37.3 Å². The van der Waals surface area contributed by atoms with E-state index in [9.17, 15) is 0 Å². The lowest BCUT2D eigenvalue weighted by Gasteiger charge is -2.39. The van der Waals surface area contributed by atoms with Gasteiger partial charge in [-0.15, -0.1) is 0 Å². The van der Waals surface area contributed by atoms with Crippen molar-refractivity contribution in [3.8, 4) is 0 Å². The molecule has 1 aliphatic rings. The lowest BCUT2D eigenvalue weighted by Crippen LogP contribution is -2.58. The topological polar surface area (TPSA) is 18.5 Å². The molecule has 0 saturated heterocycles. The predicted molar refractivity (Wildman–Crippen MR) is 81.9 cm³/mol. The van der Waals surface area contributed by atoms with E-state index in [4.69, 9.17) is 8.85 Å². The Morgan fingerprint density at radius 2 is 1.53 bits per heavy atom. The highest BCUT2D eigenvalue weighted by molar-refractivity contribution is 6.82. The maximum Gasteiger partial charge on any atom is 0.375 e. The van der Waals surface area contributed by atoms with Crippen molar-refractivity contribution in [2.45, 2.75) is 51.5 Å². The Balaban J connectivity index is 2.34. The summed E-state index contributed by atoms with van der Waals surface area (Å²) in [6, 6.07) is 10.7. The molecule has 2 rings (SSSR count). The summed E-state index contributed by atoms with van der Waals surface area (Å²) in [5, 5.41) is 1.31. The van der Waals surface area contributed by atoms with Gasteiger partial charge in [0.1, 0.15) is 0 Å². The SMILES string of the molecule is CCO[Si](OCC)(c1ccccc1)C1CCCCC1. The normalized spacial score (nSPS) is 17.6. The molecule has 0 heterocycles. The fraction of sp³-hybridized carbons (Fsp3) is 0.625. The molecule has 0 aromatic heterocycles. The van der Waals surface area contributed by atoms with Crippen molar-refractivity contribution in [3.05, 3.63) is 30.3 Å². The molecule has 0 unspecified atom stereocenters. The van der Waals surface area contributed by atoms with E-state index in [2.05, 4.69) is 44.2 Å². The third kappa shape index (κ3) is 3.27. The van der Waals surface area contributed by atoms with Gasteiger partial charge in [-0.05, 0) is 31.9 Å². The van der Waals surface area contributed by atoms with Gasteiger partial charge in [-0.2, -0.15) is 0 Å². The van der Waals surface area contributed by atoms with Crippen LogP contribution < -0.4 is 5.19 Å². The van der Waals surface area contributed by atoms with Crippen LogP contribution in [0.5, 0.6) is 0 Å². The Bertz CT molecular complexity index is 354. The van der Waals surface area contributed by atoms with E-state index in [0.29, 0.717) is 5.54 Å². The molecule has 1 aromatic carbocycles. The highest BCUT2D eigenvalue weighted by Gasteiger charge is 2.47. The van der Waals surface area contributed by atoms with Crippen LogP contribution in [0.4, 0.5) is 0 Å². The van der Waals surface area contributed by atoms with Crippen LogP contribution in [-0.2, 0) is 8.85 Å². The second-order valence-electron chi connectivity index (χ2n) is 5.23. The standard InChI is InChI=1S/C16H26O2Si/c1-3-17-19(18-4-2,15-11-7-5-8-12-15)16-13-9-6-10-14-16/h5,7-8,11-12,16H,3-4,6,9-10,13-14H2,1-2H3. The third-order valence-corrected chi connectivity index (χ3v) is 8.26. The molecule has 1 aliphatic carbocycles. The minimum atomic E-state index is -2.27. The van der Waals surface area contributed by atoms with Gasteiger partial charge in [-0.3, -0.25) is 0 Å². The molecule has 0 aliphatic heterocycles. The van der Waals surface area contributed by atoms with Crippen molar-refractivity contribution >= 4 is 13.7 Å². The number of hydrogen-bond donors (Lipinski definition) is 0.